The van der Waals surface area contributed by atoms with E-state index in [0.717, 1.165) is 11.8 Å². The van der Waals surface area contributed by atoms with Crippen molar-refractivity contribution >= 4 is 5.97 Å². The van der Waals surface area contributed by atoms with Gasteiger partial charge in [0.25, 0.3) is 0 Å². The maximum Gasteiger partial charge on any atom is 0.330 e. The SMILES string of the molecule is C=CC(=O)OCc1cnc(C)cn1. The summed E-state index contributed by atoms with van der Waals surface area (Å²) < 4.78 is 4.76. The van der Waals surface area contributed by atoms with E-state index < -0.39 is 5.97 Å². The van der Waals surface area contributed by atoms with Crippen LogP contribution >= 0.6 is 0 Å². The van der Waals surface area contributed by atoms with Crippen LogP contribution in [0.4, 0.5) is 0 Å². The quantitative estimate of drug-likeness (QED) is 0.512. The highest BCUT2D eigenvalue weighted by molar-refractivity contribution is 5.81. The van der Waals surface area contributed by atoms with E-state index in [-0.39, 0.29) is 6.61 Å². The van der Waals surface area contributed by atoms with E-state index in [1.165, 1.54) is 0 Å². The molecule has 0 aromatic carbocycles. The Morgan fingerprint density at radius 1 is 1.62 bits per heavy atom. The van der Waals surface area contributed by atoms with Crippen LogP contribution in [0.3, 0.4) is 0 Å². The lowest BCUT2D eigenvalue weighted by Gasteiger charge is -2.00. The second kappa shape index (κ2) is 4.35. The first-order valence-corrected chi connectivity index (χ1v) is 3.79. The van der Waals surface area contributed by atoms with Crippen LogP contribution in [-0.2, 0) is 16.1 Å². The minimum absolute atomic E-state index is 0.137. The fourth-order valence-electron chi connectivity index (χ4n) is 0.698. The molecule has 0 fully saturated rings. The fourth-order valence-corrected chi connectivity index (χ4v) is 0.698. The molecule has 13 heavy (non-hydrogen) atoms. The van der Waals surface area contributed by atoms with Crippen LogP contribution in [0.2, 0.25) is 0 Å². The molecule has 4 nitrogen and oxygen atoms in total. The maximum atomic E-state index is 10.7. The van der Waals surface area contributed by atoms with Crippen LogP contribution in [0.5, 0.6) is 0 Å². The zero-order chi connectivity index (χ0) is 9.68. The third-order valence-corrected chi connectivity index (χ3v) is 1.36. The Bertz CT molecular complexity index is 306. The van der Waals surface area contributed by atoms with Gasteiger partial charge in [-0.1, -0.05) is 6.58 Å². The molecule has 68 valence electrons. The first-order chi connectivity index (χ1) is 6.22. The Labute approximate surface area is 76.3 Å². The number of aryl methyl sites for hydroxylation is 1. The van der Waals surface area contributed by atoms with Gasteiger partial charge >= 0.3 is 5.97 Å². The number of esters is 1. The summed E-state index contributed by atoms with van der Waals surface area (Å²) in [4.78, 5) is 18.7. The van der Waals surface area contributed by atoms with Gasteiger partial charge in [-0.15, -0.1) is 0 Å². The van der Waals surface area contributed by atoms with Crippen molar-refractivity contribution in [1.82, 2.24) is 9.97 Å². The summed E-state index contributed by atoms with van der Waals surface area (Å²) in [6.45, 7) is 5.25. The summed E-state index contributed by atoms with van der Waals surface area (Å²) in [7, 11) is 0. The van der Waals surface area contributed by atoms with Crippen LogP contribution < -0.4 is 0 Å². The predicted octanol–water partition coefficient (Wildman–Crippen LogP) is 1.01. The van der Waals surface area contributed by atoms with Crippen LogP contribution in [0, 0.1) is 6.92 Å². The van der Waals surface area contributed by atoms with Gasteiger partial charge in [0, 0.05) is 12.3 Å². The summed E-state index contributed by atoms with van der Waals surface area (Å²) in [5, 5.41) is 0. The van der Waals surface area contributed by atoms with Crippen molar-refractivity contribution in [1.29, 1.82) is 0 Å². The van der Waals surface area contributed by atoms with Gasteiger partial charge in [-0.2, -0.15) is 0 Å². The molecule has 0 N–H and O–H groups in total. The third-order valence-electron chi connectivity index (χ3n) is 1.36. The molecule has 0 aliphatic carbocycles. The van der Waals surface area contributed by atoms with Gasteiger partial charge in [0.05, 0.1) is 17.6 Å². The van der Waals surface area contributed by atoms with Crippen molar-refractivity contribution in [3.63, 3.8) is 0 Å². The van der Waals surface area contributed by atoms with Crippen molar-refractivity contribution in [3.8, 4) is 0 Å². The molecular formula is C9H10N2O2. The number of hydrogen-bond donors (Lipinski definition) is 0. The smallest absolute Gasteiger partial charge is 0.330 e. The maximum absolute atomic E-state index is 10.7. The van der Waals surface area contributed by atoms with Crippen molar-refractivity contribution in [2.75, 3.05) is 0 Å². The van der Waals surface area contributed by atoms with Gasteiger partial charge in [-0.3, -0.25) is 9.97 Å². The van der Waals surface area contributed by atoms with Crippen LogP contribution in [0.25, 0.3) is 0 Å². The average Bonchev–Trinajstić information content (AvgIpc) is 2.16. The van der Waals surface area contributed by atoms with E-state index in [2.05, 4.69) is 16.5 Å². The summed E-state index contributed by atoms with van der Waals surface area (Å²) in [5.41, 5.74) is 1.46. The Morgan fingerprint density at radius 3 is 2.92 bits per heavy atom. The van der Waals surface area contributed by atoms with E-state index in [1.807, 2.05) is 6.92 Å². The molecule has 1 aromatic heterocycles. The van der Waals surface area contributed by atoms with Crippen LogP contribution in [-0.4, -0.2) is 15.9 Å². The third kappa shape index (κ3) is 3.02. The molecule has 0 atom stereocenters. The standard InChI is InChI=1S/C9H10N2O2/c1-3-9(12)13-6-8-5-10-7(2)4-11-8/h3-5H,1,6H2,2H3. The van der Waals surface area contributed by atoms with E-state index in [1.54, 1.807) is 12.4 Å². The van der Waals surface area contributed by atoms with Crippen LogP contribution in [0.1, 0.15) is 11.4 Å². The number of nitrogens with zero attached hydrogens (tertiary/aromatic N) is 2. The minimum atomic E-state index is -0.456. The van der Waals surface area contributed by atoms with Gasteiger partial charge in [0.1, 0.15) is 6.61 Å². The summed E-state index contributed by atoms with van der Waals surface area (Å²) in [5.74, 6) is -0.456. The van der Waals surface area contributed by atoms with Crippen molar-refractivity contribution < 1.29 is 9.53 Å². The van der Waals surface area contributed by atoms with Gasteiger partial charge in [0.2, 0.25) is 0 Å². The van der Waals surface area contributed by atoms with E-state index in [4.69, 9.17) is 4.74 Å². The molecule has 1 aromatic rings. The lowest BCUT2D eigenvalue weighted by atomic mass is 10.4. The summed E-state index contributed by atoms with van der Waals surface area (Å²) >= 11 is 0. The fraction of sp³-hybridized carbons (Fsp3) is 0.222. The molecule has 1 heterocycles. The predicted molar refractivity (Wildman–Crippen MR) is 46.8 cm³/mol. The number of ether oxygens (including phenoxy) is 1. The number of carbonyl (C=O) groups excluding carboxylic acids is 1. The number of carbonyl (C=O) groups is 1. The highest BCUT2D eigenvalue weighted by Crippen LogP contribution is 1.96. The number of rotatable bonds is 3. The molecule has 0 aliphatic heterocycles. The van der Waals surface area contributed by atoms with Crippen LogP contribution in [0.15, 0.2) is 25.0 Å². The molecule has 4 heteroatoms. The minimum Gasteiger partial charge on any atom is -0.456 e. The lowest BCUT2D eigenvalue weighted by molar-refractivity contribution is -0.139. The van der Waals surface area contributed by atoms with Crippen molar-refractivity contribution in [2.24, 2.45) is 0 Å². The molecule has 0 amide bonds. The largest absolute Gasteiger partial charge is 0.456 e. The molecule has 0 spiro atoms. The molecule has 0 saturated heterocycles. The Kier molecular flexibility index (Phi) is 3.14. The first kappa shape index (κ1) is 9.38. The topological polar surface area (TPSA) is 52.1 Å². The lowest BCUT2D eigenvalue weighted by Crippen LogP contribution is -2.02. The van der Waals surface area contributed by atoms with E-state index in [9.17, 15) is 4.79 Å². The Hall–Kier alpha value is -1.71. The van der Waals surface area contributed by atoms with Gasteiger partial charge < -0.3 is 4.74 Å². The monoisotopic (exact) mass is 178 g/mol. The second-order valence-electron chi connectivity index (χ2n) is 2.46. The van der Waals surface area contributed by atoms with Gasteiger partial charge in [-0.25, -0.2) is 4.79 Å². The Morgan fingerprint density at radius 2 is 2.38 bits per heavy atom. The second-order valence-corrected chi connectivity index (χ2v) is 2.46. The highest BCUT2D eigenvalue weighted by Gasteiger charge is 1.98. The molecular weight excluding hydrogens is 168 g/mol. The number of hydrogen-bond acceptors (Lipinski definition) is 4. The van der Waals surface area contributed by atoms with Crippen molar-refractivity contribution in [2.45, 2.75) is 13.5 Å². The zero-order valence-electron chi connectivity index (χ0n) is 7.36. The molecule has 0 saturated carbocycles. The number of aromatic nitrogens is 2. The summed E-state index contributed by atoms with van der Waals surface area (Å²) in [6, 6.07) is 0. The molecule has 0 unspecified atom stereocenters. The Balaban J connectivity index is 2.50. The zero-order valence-corrected chi connectivity index (χ0v) is 7.36. The molecule has 1 rings (SSSR count). The van der Waals surface area contributed by atoms with Crippen molar-refractivity contribution in [3.05, 3.63) is 36.4 Å². The van der Waals surface area contributed by atoms with Gasteiger partial charge in [-0.05, 0) is 6.92 Å². The van der Waals surface area contributed by atoms with E-state index in [0.29, 0.717) is 5.69 Å². The molecule has 0 aliphatic rings. The summed E-state index contributed by atoms with van der Waals surface area (Å²) in [6.07, 6.45) is 4.31. The normalized spacial score (nSPS) is 9.31. The van der Waals surface area contributed by atoms with E-state index >= 15 is 0 Å². The first-order valence-electron chi connectivity index (χ1n) is 3.79. The van der Waals surface area contributed by atoms with Gasteiger partial charge in [0.15, 0.2) is 0 Å². The highest BCUT2D eigenvalue weighted by atomic mass is 16.5. The molecule has 0 radical (unpaired) electrons. The average molecular weight is 178 g/mol. The molecule has 0 bridgehead atoms.